The predicted octanol–water partition coefficient (Wildman–Crippen LogP) is 4.17. The normalized spacial score (nSPS) is 20.8. The van der Waals surface area contributed by atoms with Crippen molar-refractivity contribution in [3.8, 4) is 16.2 Å². The summed E-state index contributed by atoms with van der Waals surface area (Å²) in [6.45, 7) is 0. The molecule has 1 aromatic heterocycles. The number of likely N-dealkylation sites (tertiary alicyclic amines) is 1. The van der Waals surface area contributed by atoms with Crippen molar-refractivity contribution >= 4 is 17.2 Å². The molecule has 138 valence electrons. The second kappa shape index (κ2) is 7.18. The van der Waals surface area contributed by atoms with Crippen LogP contribution in [0.5, 0.6) is 5.75 Å². The summed E-state index contributed by atoms with van der Waals surface area (Å²) in [6.07, 6.45) is -0.400. The fourth-order valence-electron chi connectivity index (χ4n) is 3.80. The monoisotopic (exact) mass is 379 g/mol. The number of aliphatic hydroxyl groups is 1. The molecule has 2 heterocycles. The molecule has 2 aromatic carbocycles. The Kier molecular flexibility index (Phi) is 4.72. The smallest absolute Gasteiger partial charge is 0.223 e. The minimum absolute atomic E-state index is 0.0250. The van der Waals surface area contributed by atoms with Gasteiger partial charge in [0.15, 0.2) is 0 Å². The van der Waals surface area contributed by atoms with Crippen LogP contribution in [0.3, 0.4) is 0 Å². The average Bonchev–Trinajstić information content (AvgIpc) is 3.29. The van der Waals surface area contributed by atoms with Crippen molar-refractivity contribution in [3.63, 3.8) is 0 Å². The Morgan fingerprint density at radius 2 is 1.74 bits per heavy atom. The second-order valence-corrected chi connectivity index (χ2v) is 8.03. The highest BCUT2D eigenvalue weighted by Crippen LogP contribution is 2.42. The van der Waals surface area contributed by atoms with Crippen molar-refractivity contribution in [2.75, 3.05) is 7.05 Å². The van der Waals surface area contributed by atoms with Gasteiger partial charge in [-0.3, -0.25) is 4.79 Å². The molecular weight excluding hydrogens is 358 g/mol. The van der Waals surface area contributed by atoms with Gasteiger partial charge in [0.1, 0.15) is 11.9 Å². The number of aliphatic hydroxyl groups excluding tert-OH is 1. The second-order valence-electron chi connectivity index (χ2n) is 6.91. The van der Waals surface area contributed by atoms with E-state index in [4.69, 9.17) is 0 Å². The zero-order chi connectivity index (χ0) is 19.0. The lowest BCUT2D eigenvalue weighted by atomic mass is 9.88. The van der Waals surface area contributed by atoms with Gasteiger partial charge >= 0.3 is 0 Å². The number of carbonyl (C=O) groups excluding carboxylic acids is 1. The minimum Gasteiger partial charge on any atom is -0.508 e. The first-order valence-corrected chi connectivity index (χ1v) is 9.74. The fourth-order valence-corrected chi connectivity index (χ4v) is 4.84. The van der Waals surface area contributed by atoms with Gasteiger partial charge in [-0.05, 0) is 35.4 Å². The predicted molar refractivity (Wildman–Crippen MR) is 107 cm³/mol. The number of benzene rings is 2. The van der Waals surface area contributed by atoms with E-state index < -0.39 is 6.10 Å². The number of likely N-dealkylation sites (N-methyl/N-ethyl adjacent to an activating group) is 1. The summed E-state index contributed by atoms with van der Waals surface area (Å²) in [5.41, 5.74) is 2.07. The van der Waals surface area contributed by atoms with Crippen molar-refractivity contribution in [2.45, 2.75) is 24.5 Å². The van der Waals surface area contributed by atoms with Crippen LogP contribution in [-0.2, 0) is 4.79 Å². The van der Waals surface area contributed by atoms with Crippen molar-refractivity contribution < 1.29 is 15.0 Å². The van der Waals surface area contributed by atoms with E-state index in [0.717, 1.165) is 20.9 Å². The number of phenols is 1. The van der Waals surface area contributed by atoms with E-state index in [1.165, 1.54) is 0 Å². The maximum absolute atomic E-state index is 12.4. The largest absolute Gasteiger partial charge is 0.508 e. The number of carbonyl (C=O) groups is 1. The van der Waals surface area contributed by atoms with Crippen LogP contribution in [0.2, 0.25) is 0 Å². The van der Waals surface area contributed by atoms with E-state index in [-0.39, 0.29) is 23.6 Å². The molecule has 0 aliphatic carbocycles. The Morgan fingerprint density at radius 1 is 1.04 bits per heavy atom. The van der Waals surface area contributed by atoms with E-state index in [2.05, 4.69) is 0 Å². The van der Waals surface area contributed by atoms with Crippen molar-refractivity contribution in [1.82, 2.24) is 4.90 Å². The van der Waals surface area contributed by atoms with Gasteiger partial charge < -0.3 is 15.1 Å². The Hall–Kier alpha value is -2.63. The summed E-state index contributed by atoms with van der Waals surface area (Å²) in [4.78, 5) is 16.0. The van der Waals surface area contributed by atoms with Crippen molar-refractivity contribution in [2.24, 2.45) is 0 Å². The number of aromatic hydroxyl groups is 1. The molecule has 1 saturated heterocycles. The first-order chi connectivity index (χ1) is 13.0. The average molecular weight is 379 g/mol. The third-order valence-electron chi connectivity index (χ3n) is 5.27. The van der Waals surface area contributed by atoms with Gasteiger partial charge in [0.2, 0.25) is 5.91 Å². The molecule has 0 radical (unpaired) electrons. The van der Waals surface area contributed by atoms with Crippen molar-refractivity contribution in [1.29, 1.82) is 0 Å². The quantitative estimate of drug-likeness (QED) is 0.715. The SMILES string of the molecule is CN1C(=O)C[C@H](c2ccc(O)cc2)[C@@H]1C(O)c1ccc(-c2ccccc2)s1. The lowest BCUT2D eigenvalue weighted by molar-refractivity contribution is -0.128. The molecule has 2 N–H and O–H groups in total. The number of amides is 1. The van der Waals surface area contributed by atoms with E-state index >= 15 is 0 Å². The van der Waals surface area contributed by atoms with Crippen LogP contribution in [0.1, 0.15) is 28.9 Å². The first kappa shape index (κ1) is 17.8. The van der Waals surface area contributed by atoms with E-state index in [1.54, 1.807) is 35.4 Å². The topological polar surface area (TPSA) is 60.8 Å². The van der Waals surface area contributed by atoms with Crippen LogP contribution in [0.25, 0.3) is 10.4 Å². The molecule has 5 heteroatoms. The van der Waals surface area contributed by atoms with E-state index in [9.17, 15) is 15.0 Å². The lowest BCUT2D eigenvalue weighted by Gasteiger charge is -2.29. The van der Waals surface area contributed by atoms with Crippen LogP contribution in [0, 0.1) is 0 Å². The van der Waals surface area contributed by atoms with Gasteiger partial charge in [0.25, 0.3) is 0 Å². The van der Waals surface area contributed by atoms with Crippen LogP contribution in [0.4, 0.5) is 0 Å². The number of hydrogen-bond acceptors (Lipinski definition) is 4. The maximum atomic E-state index is 12.4. The zero-order valence-electron chi connectivity index (χ0n) is 14.9. The summed E-state index contributed by atoms with van der Waals surface area (Å²) in [5.74, 6) is 0.108. The molecule has 3 aromatic rings. The number of hydrogen-bond donors (Lipinski definition) is 2. The minimum atomic E-state index is -0.761. The van der Waals surface area contributed by atoms with E-state index in [0.29, 0.717) is 6.42 Å². The van der Waals surface area contributed by atoms with Gasteiger partial charge in [-0.1, -0.05) is 42.5 Å². The van der Waals surface area contributed by atoms with Crippen LogP contribution >= 0.6 is 11.3 Å². The van der Waals surface area contributed by atoms with Crippen LogP contribution < -0.4 is 0 Å². The molecule has 0 spiro atoms. The summed E-state index contributed by atoms with van der Waals surface area (Å²) >= 11 is 1.56. The molecule has 4 nitrogen and oxygen atoms in total. The number of thiophene rings is 1. The zero-order valence-corrected chi connectivity index (χ0v) is 15.8. The van der Waals surface area contributed by atoms with Crippen LogP contribution in [-0.4, -0.2) is 34.1 Å². The number of nitrogens with zero attached hydrogens (tertiary/aromatic N) is 1. The van der Waals surface area contributed by atoms with Gasteiger partial charge in [-0.25, -0.2) is 0 Å². The molecule has 4 rings (SSSR count). The molecule has 0 saturated carbocycles. The molecule has 1 fully saturated rings. The molecule has 1 aliphatic rings. The van der Waals surface area contributed by atoms with Crippen molar-refractivity contribution in [3.05, 3.63) is 77.2 Å². The highest BCUT2D eigenvalue weighted by molar-refractivity contribution is 7.15. The van der Waals surface area contributed by atoms with Gasteiger partial charge in [-0.2, -0.15) is 0 Å². The number of phenolic OH excluding ortho intramolecular Hbond substituents is 1. The summed E-state index contributed by atoms with van der Waals surface area (Å²) in [5, 5.41) is 20.7. The third-order valence-corrected chi connectivity index (χ3v) is 6.47. The molecule has 27 heavy (non-hydrogen) atoms. The fraction of sp³-hybridized carbons (Fsp3) is 0.227. The highest BCUT2D eigenvalue weighted by Gasteiger charge is 2.43. The first-order valence-electron chi connectivity index (χ1n) is 8.92. The Balaban J connectivity index is 1.64. The van der Waals surface area contributed by atoms with Gasteiger partial charge in [-0.15, -0.1) is 11.3 Å². The molecular formula is C22H21NO3S. The Morgan fingerprint density at radius 3 is 2.44 bits per heavy atom. The molecule has 1 amide bonds. The third kappa shape index (κ3) is 3.36. The Bertz CT molecular complexity index is 936. The molecule has 1 unspecified atom stereocenters. The summed E-state index contributed by atoms with van der Waals surface area (Å²) in [7, 11) is 1.75. The summed E-state index contributed by atoms with van der Waals surface area (Å²) in [6, 6.07) is 20.6. The van der Waals surface area contributed by atoms with Crippen LogP contribution in [0.15, 0.2) is 66.7 Å². The Labute approximate surface area is 162 Å². The number of rotatable bonds is 4. The maximum Gasteiger partial charge on any atom is 0.223 e. The summed E-state index contributed by atoms with van der Waals surface area (Å²) < 4.78 is 0. The van der Waals surface area contributed by atoms with Gasteiger partial charge in [0.05, 0.1) is 6.04 Å². The molecule has 0 bridgehead atoms. The lowest BCUT2D eigenvalue weighted by Crippen LogP contribution is -2.36. The molecule has 1 aliphatic heterocycles. The molecule has 3 atom stereocenters. The highest BCUT2D eigenvalue weighted by atomic mass is 32.1. The van der Waals surface area contributed by atoms with E-state index in [1.807, 2.05) is 54.6 Å². The standard InChI is InChI=1S/C22H21NO3S/c1-23-20(25)13-17(14-7-9-16(24)10-8-14)21(23)22(26)19-12-11-18(27-19)15-5-3-2-4-6-15/h2-12,17,21-22,24,26H,13H2,1H3/t17-,21-,22?/m1/s1. The van der Waals surface area contributed by atoms with Gasteiger partial charge in [0, 0.05) is 29.1 Å².